The Kier molecular flexibility index (Phi) is 6.22. The van der Waals surface area contributed by atoms with Gasteiger partial charge in [-0.25, -0.2) is 0 Å². The third kappa shape index (κ3) is 3.80. The Bertz CT molecular complexity index is 542. The van der Waals surface area contributed by atoms with Gasteiger partial charge in [0.1, 0.15) is 16.6 Å². The molecule has 1 aliphatic carbocycles. The van der Waals surface area contributed by atoms with Crippen molar-refractivity contribution in [2.45, 2.75) is 40.5 Å². The lowest BCUT2D eigenvalue weighted by Gasteiger charge is -2.41. The van der Waals surface area contributed by atoms with Gasteiger partial charge in [-0.3, -0.25) is 9.59 Å². The second-order valence-electron chi connectivity index (χ2n) is 7.32. The largest absolute Gasteiger partial charge is 0.497 e. The van der Waals surface area contributed by atoms with Crippen LogP contribution in [0.4, 0.5) is 0 Å². The number of hydrogen-bond donors (Lipinski definition) is 2. The van der Waals surface area contributed by atoms with Gasteiger partial charge in [0.15, 0.2) is 0 Å². The van der Waals surface area contributed by atoms with Gasteiger partial charge in [0, 0.05) is 13.7 Å². The van der Waals surface area contributed by atoms with Crippen molar-refractivity contribution >= 4 is 11.9 Å². The minimum absolute atomic E-state index is 0.173. The van der Waals surface area contributed by atoms with Crippen LogP contribution in [-0.2, 0) is 19.1 Å². The zero-order valence-corrected chi connectivity index (χ0v) is 15.1. The molecule has 0 aromatic rings. The first kappa shape index (κ1) is 20.2. The fraction of sp³-hybridized carbons (Fsp3) is 0.667. The average Bonchev–Trinajstić information content (AvgIpc) is 2.47. The second kappa shape index (κ2) is 7.38. The van der Waals surface area contributed by atoms with Gasteiger partial charge in [-0.1, -0.05) is 32.9 Å². The summed E-state index contributed by atoms with van der Waals surface area (Å²) in [6, 6.07) is 0. The third-order valence-corrected chi connectivity index (χ3v) is 4.59. The lowest BCUT2D eigenvalue weighted by Crippen LogP contribution is -2.44. The summed E-state index contributed by atoms with van der Waals surface area (Å²) in [6.07, 6.45) is 5.84. The van der Waals surface area contributed by atoms with E-state index in [4.69, 9.17) is 9.47 Å². The fourth-order valence-electron chi connectivity index (χ4n) is 2.60. The summed E-state index contributed by atoms with van der Waals surface area (Å²) in [5.74, 6) is -1.93. The lowest BCUT2D eigenvalue weighted by atomic mass is 9.62. The smallest absolute Gasteiger partial charge is 0.320 e. The highest BCUT2D eigenvalue weighted by molar-refractivity contribution is 5.86. The predicted octanol–water partition coefficient (Wildman–Crippen LogP) is 3.09. The van der Waals surface area contributed by atoms with Crippen molar-refractivity contribution < 1.29 is 29.3 Å². The van der Waals surface area contributed by atoms with Crippen LogP contribution in [0, 0.1) is 16.2 Å². The molecule has 24 heavy (non-hydrogen) atoms. The molecule has 2 atom stereocenters. The van der Waals surface area contributed by atoms with Gasteiger partial charge in [-0.2, -0.15) is 0 Å². The van der Waals surface area contributed by atoms with Crippen molar-refractivity contribution in [3.63, 3.8) is 0 Å². The van der Waals surface area contributed by atoms with Gasteiger partial charge in [0.05, 0.1) is 6.61 Å². The van der Waals surface area contributed by atoms with Crippen molar-refractivity contribution in [3.05, 3.63) is 24.0 Å². The minimum atomic E-state index is -1.37. The minimum Gasteiger partial charge on any atom is -0.497 e. The third-order valence-electron chi connectivity index (χ3n) is 4.59. The molecule has 2 unspecified atom stereocenters. The van der Waals surface area contributed by atoms with Crippen molar-refractivity contribution in [1.82, 2.24) is 0 Å². The molecule has 0 aromatic heterocycles. The maximum absolute atomic E-state index is 11.9. The zero-order valence-electron chi connectivity index (χ0n) is 15.1. The molecule has 0 bridgehead atoms. The molecule has 0 spiro atoms. The molecule has 0 saturated carbocycles. The summed E-state index contributed by atoms with van der Waals surface area (Å²) in [4.78, 5) is 23.7. The first-order valence-corrected chi connectivity index (χ1v) is 8.03. The Morgan fingerprint density at radius 3 is 2.12 bits per heavy atom. The summed E-state index contributed by atoms with van der Waals surface area (Å²) in [6.45, 7) is 7.84. The number of methoxy groups -OCH3 is 1. The van der Waals surface area contributed by atoms with E-state index >= 15 is 0 Å². The Labute approximate surface area is 143 Å². The molecule has 1 aliphatic rings. The number of aliphatic carboxylic acids is 2. The molecule has 0 amide bonds. The first-order chi connectivity index (χ1) is 11.0. The Morgan fingerprint density at radius 2 is 1.67 bits per heavy atom. The number of unbranched alkanes of at least 4 members (excludes halogenated alkanes) is 1. The molecule has 0 saturated heterocycles. The van der Waals surface area contributed by atoms with Gasteiger partial charge in [0.25, 0.3) is 0 Å². The van der Waals surface area contributed by atoms with Crippen LogP contribution in [0.1, 0.15) is 40.5 Å². The molecular formula is C18H28O6. The van der Waals surface area contributed by atoms with Gasteiger partial charge >= 0.3 is 11.9 Å². The molecule has 6 heteroatoms. The van der Waals surface area contributed by atoms with Crippen LogP contribution in [0.25, 0.3) is 0 Å². The maximum Gasteiger partial charge on any atom is 0.320 e. The number of rotatable bonds is 8. The Morgan fingerprint density at radius 1 is 1.08 bits per heavy atom. The zero-order chi connectivity index (χ0) is 18.6. The topological polar surface area (TPSA) is 93.1 Å². The van der Waals surface area contributed by atoms with E-state index < -0.39 is 28.2 Å². The summed E-state index contributed by atoms with van der Waals surface area (Å²) < 4.78 is 10.7. The van der Waals surface area contributed by atoms with E-state index in [9.17, 15) is 19.8 Å². The molecule has 136 valence electrons. The van der Waals surface area contributed by atoms with Crippen molar-refractivity contribution in [2.24, 2.45) is 16.2 Å². The first-order valence-electron chi connectivity index (χ1n) is 8.03. The van der Waals surface area contributed by atoms with Gasteiger partial charge in [0.2, 0.25) is 0 Å². The van der Waals surface area contributed by atoms with Crippen LogP contribution in [0.2, 0.25) is 0 Å². The van der Waals surface area contributed by atoms with Gasteiger partial charge < -0.3 is 19.7 Å². The highest BCUT2D eigenvalue weighted by Crippen LogP contribution is 2.49. The SMILES string of the molecule is COCCCCOC1=CC(C(=O)O)(C(C)(C)C)C=CC1(C)C(=O)O. The summed E-state index contributed by atoms with van der Waals surface area (Å²) in [5.41, 5.74) is -3.32. The van der Waals surface area contributed by atoms with Crippen LogP contribution in [-0.4, -0.2) is 42.5 Å². The summed E-state index contributed by atoms with van der Waals surface area (Å²) in [7, 11) is 1.61. The Balaban J connectivity index is 3.17. The van der Waals surface area contributed by atoms with Crippen molar-refractivity contribution in [3.8, 4) is 0 Å². The predicted molar refractivity (Wildman–Crippen MR) is 89.6 cm³/mol. The average molecular weight is 340 g/mol. The quantitative estimate of drug-likeness (QED) is 0.521. The van der Waals surface area contributed by atoms with E-state index in [2.05, 4.69) is 0 Å². The lowest BCUT2D eigenvalue weighted by molar-refractivity contribution is -0.151. The molecule has 1 rings (SSSR count). The van der Waals surface area contributed by atoms with Crippen molar-refractivity contribution in [1.29, 1.82) is 0 Å². The number of carboxylic acids is 2. The van der Waals surface area contributed by atoms with Gasteiger partial charge in [-0.15, -0.1) is 0 Å². The number of hydrogen-bond acceptors (Lipinski definition) is 4. The van der Waals surface area contributed by atoms with Crippen molar-refractivity contribution in [2.75, 3.05) is 20.3 Å². The molecule has 0 heterocycles. The highest BCUT2D eigenvalue weighted by Gasteiger charge is 2.51. The molecule has 0 aliphatic heterocycles. The normalized spacial score (nSPS) is 26.8. The van der Waals surface area contributed by atoms with E-state index in [0.717, 1.165) is 6.42 Å². The Hall–Kier alpha value is -1.82. The summed E-state index contributed by atoms with van der Waals surface area (Å²) >= 11 is 0. The maximum atomic E-state index is 11.9. The van der Waals surface area contributed by atoms with Crippen LogP contribution in [0.5, 0.6) is 0 Å². The fourth-order valence-corrected chi connectivity index (χ4v) is 2.60. The van der Waals surface area contributed by atoms with Crippen LogP contribution in [0.15, 0.2) is 24.0 Å². The van der Waals surface area contributed by atoms with E-state index in [1.165, 1.54) is 25.2 Å². The van der Waals surface area contributed by atoms with Crippen LogP contribution in [0.3, 0.4) is 0 Å². The molecule has 2 N–H and O–H groups in total. The molecular weight excluding hydrogens is 312 g/mol. The van der Waals surface area contributed by atoms with E-state index in [1.807, 2.05) is 20.8 Å². The number of carboxylic acid groups (broad SMARTS) is 2. The van der Waals surface area contributed by atoms with E-state index in [-0.39, 0.29) is 5.76 Å². The number of carbonyl (C=O) groups is 2. The molecule has 0 radical (unpaired) electrons. The second-order valence-corrected chi connectivity index (χ2v) is 7.32. The highest BCUT2D eigenvalue weighted by atomic mass is 16.5. The van der Waals surface area contributed by atoms with E-state index in [0.29, 0.717) is 19.6 Å². The molecule has 6 nitrogen and oxygen atoms in total. The summed E-state index contributed by atoms with van der Waals surface area (Å²) in [5, 5.41) is 19.4. The monoisotopic (exact) mass is 340 g/mol. The molecule has 0 fully saturated rings. The van der Waals surface area contributed by atoms with Gasteiger partial charge in [-0.05, 0) is 31.3 Å². The van der Waals surface area contributed by atoms with Crippen LogP contribution < -0.4 is 0 Å². The number of ether oxygens (including phenoxy) is 2. The van der Waals surface area contributed by atoms with Crippen LogP contribution >= 0.6 is 0 Å². The standard InChI is InChI=1S/C18H28O6/c1-16(2,3)18(15(21)22)9-8-17(4,14(19)20)13(12-18)24-11-7-6-10-23-5/h8-9,12H,6-7,10-11H2,1-5H3,(H,19,20)(H,21,22). The molecule has 0 aromatic carbocycles. The van der Waals surface area contributed by atoms with E-state index in [1.54, 1.807) is 7.11 Å².